The minimum atomic E-state index is -0.175. The maximum absolute atomic E-state index is 10.0. The van der Waals surface area contributed by atoms with Gasteiger partial charge in [0, 0.05) is 19.2 Å². The number of aliphatic hydroxyl groups excluding tert-OH is 2. The van der Waals surface area contributed by atoms with Crippen molar-refractivity contribution < 1.29 is 10.2 Å². The second kappa shape index (κ2) is 7.34. The van der Waals surface area contributed by atoms with Crippen LogP contribution >= 0.6 is 0 Å². The average molecular weight is 243 g/mol. The summed E-state index contributed by atoms with van der Waals surface area (Å²) in [5.41, 5.74) is 0.203. The quantitative estimate of drug-likeness (QED) is 0.626. The maximum Gasteiger partial charge on any atom is 0.0693 e. The van der Waals surface area contributed by atoms with Crippen molar-refractivity contribution in [2.24, 2.45) is 5.41 Å². The summed E-state index contributed by atoms with van der Waals surface area (Å²) in [6.45, 7) is 5.64. The van der Waals surface area contributed by atoms with Crippen LogP contribution in [0, 0.1) is 5.41 Å². The molecule has 1 rings (SSSR count). The first-order valence-electron chi connectivity index (χ1n) is 7.07. The lowest BCUT2D eigenvalue weighted by Crippen LogP contribution is -2.43. The third kappa shape index (κ3) is 5.84. The molecule has 2 atom stereocenters. The van der Waals surface area contributed by atoms with Gasteiger partial charge < -0.3 is 15.5 Å². The largest absolute Gasteiger partial charge is 0.396 e. The predicted octanol–water partition coefficient (Wildman–Crippen LogP) is 2.07. The van der Waals surface area contributed by atoms with Gasteiger partial charge in [-0.25, -0.2) is 0 Å². The first-order chi connectivity index (χ1) is 8.05. The Labute approximate surface area is 106 Å². The molecule has 0 amide bonds. The Kier molecular flexibility index (Phi) is 6.45. The van der Waals surface area contributed by atoms with Gasteiger partial charge in [-0.1, -0.05) is 33.1 Å². The molecule has 0 saturated heterocycles. The Hall–Kier alpha value is -0.120. The molecule has 102 valence electrons. The smallest absolute Gasteiger partial charge is 0.0693 e. The van der Waals surface area contributed by atoms with E-state index in [-0.39, 0.29) is 24.2 Å². The molecule has 0 spiro atoms. The zero-order chi connectivity index (χ0) is 12.7. The van der Waals surface area contributed by atoms with Crippen LogP contribution in [0.15, 0.2) is 0 Å². The Bertz CT molecular complexity index is 206. The van der Waals surface area contributed by atoms with Crippen LogP contribution in [0.25, 0.3) is 0 Å². The van der Waals surface area contributed by atoms with E-state index in [2.05, 4.69) is 19.2 Å². The standard InChI is InChI=1S/C14H29NO2/c1-14(2,9-6-10-16)11-15-12-7-4-3-5-8-13(12)17/h12-13,15-17H,3-11H2,1-2H3. The lowest BCUT2D eigenvalue weighted by atomic mass is 9.87. The van der Waals surface area contributed by atoms with Gasteiger partial charge in [-0.3, -0.25) is 0 Å². The fourth-order valence-corrected chi connectivity index (χ4v) is 2.58. The number of aliphatic hydroxyl groups is 2. The lowest BCUT2D eigenvalue weighted by molar-refractivity contribution is 0.111. The zero-order valence-electron chi connectivity index (χ0n) is 11.4. The molecular weight excluding hydrogens is 214 g/mol. The van der Waals surface area contributed by atoms with Gasteiger partial charge in [-0.2, -0.15) is 0 Å². The van der Waals surface area contributed by atoms with E-state index in [1.54, 1.807) is 0 Å². The Morgan fingerprint density at radius 2 is 1.88 bits per heavy atom. The summed E-state index contributed by atoms with van der Waals surface area (Å²) >= 11 is 0. The molecular formula is C14H29NO2. The van der Waals surface area contributed by atoms with Gasteiger partial charge in [-0.05, 0) is 31.1 Å². The third-order valence-electron chi connectivity index (χ3n) is 3.83. The van der Waals surface area contributed by atoms with Crippen molar-refractivity contribution in [2.75, 3.05) is 13.2 Å². The van der Waals surface area contributed by atoms with E-state index < -0.39 is 0 Å². The summed E-state index contributed by atoms with van der Waals surface area (Å²) in [6.07, 6.45) is 7.39. The lowest BCUT2D eigenvalue weighted by Gasteiger charge is -2.29. The molecule has 3 heteroatoms. The molecule has 17 heavy (non-hydrogen) atoms. The number of hydrogen-bond acceptors (Lipinski definition) is 3. The highest BCUT2D eigenvalue weighted by atomic mass is 16.3. The van der Waals surface area contributed by atoms with Crippen molar-refractivity contribution in [1.29, 1.82) is 0 Å². The summed E-state index contributed by atoms with van der Waals surface area (Å²) in [5.74, 6) is 0. The Balaban J connectivity index is 2.31. The minimum absolute atomic E-state index is 0.175. The summed E-state index contributed by atoms with van der Waals surface area (Å²) in [7, 11) is 0. The molecule has 0 aliphatic heterocycles. The van der Waals surface area contributed by atoms with Crippen molar-refractivity contribution in [3.63, 3.8) is 0 Å². The number of rotatable bonds is 6. The highest BCUT2D eigenvalue weighted by Gasteiger charge is 2.24. The fourth-order valence-electron chi connectivity index (χ4n) is 2.58. The summed E-state index contributed by atoms with van der Waals surface area (Å²) < 4.78 is 0. The Morgan fingerprint density at radius 3 is 2.59 bits per heavy atom. The second-order valence-electron chi connectivity index (χ2n) is 6.18. The maximum atomic E-state index is 10.0. The van der Waals surface area contributed by atoms with E-state index in [4.69, 9.17) is 5.11 Å². The summed E-state index contributed by atoms with van der Waals surface area (Å²) in [5, 5.41) is 22.4. The van der Waals surface area contributed by atoms with E-state index in [0.717, 1.165) is 38.6 Å². The molecule has 1 aliphatic carbocycles. The topological polar surface area (TPSA) is 52.5 Å². The second-order valence-corrected chi connectivity index (χ2v) is 6.18. The molecule has 1 fully saturated rings. The third-order valence-corrected chi connectivity index (χ3v) is 3.83. The van der Waals surface area contributed by atoms with Crippen LogP contribution in [-0.2, 0) is 0 Å². The molecule has 0 aromatic heterocycles. The first kappa shape index (κ1) is 14.9. The van der Waals surface area contributed by atoms with Crippen molar-refractivity contribution >= 4 is 0 Å². The number of hydrogen-bond donors (Lipinski definition) is 3. The molecule has 0 radical (unpaired) electrons. The molecule has 0 aromatic rings. The Morgan fingerprint density at radius 1 is 1.18 bits per heavy atom. The summed E-state index contributed by atoms with van der Waals surface area (Å²) in [4.78, 5) is 0. The van der Waals surface area contributed by atoms with Crippen molar-refractivity contribution in [1.82, 2.24) is 5.32 Å². The van der Waals surface area contributed by atoms with Gasteiger partial charge in [0.1, 0.15) is 0 Å². The minimum Gasteiger partial charge on any atom is -0.396 e. The molecule has 3 N–H and O–H groups in total. The van der Waals surface area contributed by atoms with Gasteiger partial charge in [0.25, 0.3) is 0 Å². The van der Waals surface area contributed by atoms with Crippen molar-refractivity contribution in [2.45, 2.75) is 70.9 Å². The van der Waals surface area contributed by atoms with Crippen LogP contribution in [0.5, 0.6) is 0 Å². The van der Waals surface area contributed by atoms with Crippen molar-refractivity contribution in [3.8, 4) is 0 Å². The highest BCUT2D eigenvalue weighted by Crippen LogP contribution is 2.23. The van der Waals surface area contributed by atoms with Gasteiger partial charge in [0.05, 0.1) is 6.10 Å². The molecule has 0 bridgehead atoms. The molecule has 0 aromatic carbocycles. The van der Waals surface area contributed by atoms with Crippen LogP contribution in [0.1, 0.15) is 58.8 Å². The fraction of sp³-hybridized carbons (Fsp3) is 1.00. The molecule has 2 unspecified atom stereocenters. The van der Waals surface area contributed by atoms with Crippen LogP contribution in [0.3, 0.4) is 0 Å². The normalized spacial score (nSPS) is 26.8. The predicted molar refractivity (Wildman–Crippen MR) is 71.0 cm³/mol. The van der Waals surface area contributed by atoms with Crippen molar-refractivity contribution in [3.05, 3.63) is 0 Å². The van der Waals surface area contributed by atoms with Crippen LogP contribution < -0.4 is 5.32 Å². The van der Waals surface area contributed by atoms with Gasteiger partial charge in [0.2, 0.25) is 0 Å². The zero-order valence-corrected chi connectivity index (χ0v) is 11.4. The average Bonchev–Trinajstić information content (AvgIpc) is 2.49. The number of nitrogens with one attached hydrogen (secondary N) is 1. The van der Waals surface area contributed by atoms with Crippen LogP contribution in [-0.4, -0.2) is 35.5 Å². The van der Waals surface area contributed by atoms with Gasteiger partial charge in [-0.15, -0.1) is 0 Å². The summed E-state index contributed by atoms with van der Waals surface area (Å²) in [6, 6.07) is 0.269. The van der Waals surface area contributed by atoms with E-state index in [1.807, 2.05) is 0 Å². The first-order valence-corrected chi connectivity index (χ1v) is 7.07. The van der Waals surface area contributed by atoms with Gasteiger partial charge >= 0.3 is 0 Å². The molecule has 1 aliphatic rings. The van der Waals surface area contributed by atoms with E-state index in [9.17, 15) is 5.11 Å². The van der Waals surface area contributed by atoms with E-state index >= 15 is 0 Å². The SMILES string of the molecule is CC(C)(CCCO)CNC1CCCCCC1O. The van der Waals surface area contributed by atoms with Gasteiger partial charge in [0.15, 0.2) is 0 Å². The highest BCUT2D eigenvalue weighted by molar-refractivity contribution is 4.82. The van der Waals surface area contributed by atoms with Crippen LogP contribution in [0.2, 0.25) is 0 Å². The molecule has 1 saturated carbocycles. The molecule has 0 heterocycles. The van der Waals surface area contributed by atoms with E-state index in [0.29, 0.717) is 0 Å². The monoisotopic (exact) mass is 243 g/mol. The van der Waals surface area contributed by atoms with Crippen LogP contribution in [0.4, 0.5) is 0 Å². The van der Waals surface area contributed by atoms with E-state index in [1.165, 1.54) is 12.8 Å². The molecule has 3 nitrogen and oxygen atoms in total.